The van der Waals surface area contributed by atoms with Crippen LogP contribution >= 0.6 is 0 Å². The van der Waals surface area contributed by atoms with Crippen molar-refractivity contribution in [2.75, 3.05) is 25.0 Å². The van der Waals surface area contributed by atoms with E-state index in [0.717, 1.165) is 23.6 Å². The summed E-state index contributed by atoms with van der Waals surface area (Å²) in [5, 5.41) is 15.2. The van der Waals surface area contributed by atoms with Crippen molar-refractivity contribution < 1.29 is 27.5 Å². The summed E-state index contributed by atoms with van der Waals surface area (Å²) in [5.74, 6) is -5.45. The highest BCUT2D eigenvalue weighted by molar-refractivity contribution is 6.05. The van der Waals surface area contributed by atoms with Crippen LogP contribution in [0.3, 0.4) is 0 Å². The molecule has 1 aliphatic rings. The third-order valence-corrected chi connectivity index (χ3v) is 6.64. The van der Waals surface area contributed by atoms with Crippen molar-refractivity contribution >= 4 is 17.6 Å². The van der Waals surface area contributed by atoms with Crippen LogP contribution in [0.5, 0.6) is 5.88 Å². The second kappa shape index (κ2) is 12.9. The van der Waals surface area contributed by atoms with Gasteiger partial charge in [-0.2, -0.15) is 10.2 Å². The first-order valence-corrected chi connectivity index (χ1v) is 14.0. The Morgan fingerprint density at radius 2 is 1.82 bits per heavy atom. The molecule has 0 atom stereocenters. The minimum Gasteiger partial charge on any atom is -0.475 e. The number of nitrogens with one attached hydrogen (secondary N) is 2. The van der Waals surface area contributed by atoms with E-state index >= 15 is 4.39 Å². The molecule has 3 heterocycles. The monoisotopic (exact) mass is 610 g/mol. The predicted molar refractivity (Wildman–Crippen MR) is 157 cm³/mol. The second-order valence-corrected chi connectivity index (χ2v) is 11.4. The number of likely N-dealkylation sites (tertiary alicyclic amines) is 1. The van der Waals surface area contributed by atoms with Crippen LogP contribution in [-0.4, -0.2) is 57.9 Å². The highest BCUT2D eigenvalue weighted by Gasteiger charge is 2.47. The Kier molecular flexibility index (Phi) is 9.44. The molecule has 0 aliphatic carbocycles. The van der Waals surface area contributed by atoms with Crippen molar-refractivity contribution in [3.05, 3.63) is 75.0 Å². The highest BCUT2D eigenvalue weighted by Crippen LogP contribution is 2.35. The van der Waals surface area contributed by atoms with Crippen molar-refractivity contribution in [1.82, 2.24) is 19.8 Å². The number of amides is 2. The summed E-state index contributed by atoms with van der Waals surface area (Å²) in [5.41, 5.74) is -0.764. The van der Waals surface area contributed by atoms with Crippen LogP contribution in [0.4, 0.5) is 19.0 Å². The van der Waals surface area contributed by atoms with Gasteiger partial charge in [0.1, 0.15) is 17.2 Å². The molecule has 4 rings (SSSR count). The molecule has 0 bridgehead atoms. The van der Waals surface area contributed by atoms with Gasteiger partial charge < -0.3 is 24.8 Å². The largest absolute Gasteiger partial charge is 0.475 e. The normalized spacial score (nSPS) is 13.9. The SMILES string of the molecule is CC(C)CNCc1cc(C(=O)Nc2cc(-c3c(F)cc(C#N)cc3C(=O)N3CC(F)(F)C3)cc(OC(C)C)n2)c(=O)n(C)c1. The maximum absolute atomic E-state index is 15.6. The standard InChI is InChI=1S/C31H33F3N6O4/c1-17(2)12-36-13-20-7-23(29(42)39(5)14-20)28(41)38-25-9-21(10-26(37-25)44-18(3)4)27-22(6-19(11-35)8-24(27)32)30(43)40-15-31(33,34)16-40/h6-10,14,17-18,36H,12-13,15-16H2,1-5H3,(H,37,38,41). The molecule has 1 fully saturated rings. The zero-order valence-electron chi connectivity index (χ0n) is 25.0. The average Bonchev–Trinajstić information content (AvgIpc) is 2.91. The Morgan fingerprint density at radius 1 is 1.11 bits per heavy atom. The van der Waals surface area contributed by atoms with Crippen molar-refractivity contribution in [2.45, 2.75) is 46.3 Å². The van der Waals surface area contributed by atoms with Crippen molar-refractivity contribution in [3.63, 3.8) is 0 Å². The van der Waals surface area contributed by atoms with Gasteiger partial charge in [0.15, 0.2) is 0 Å². The zero-order valence-corrected chi connectivity index (χ0v) is 25.0. The number of carbonyl (C=O) groups excluding carboxylic acids is 2. The number of pyridine rings is 2. The Hall–Kier alpha value is -4.70. The summed E-state index contributed by atoms with van der Waals surface area (Å²) in [6, 6.07) is 7.89. The van der Waals surface area contributed by atoms with Gasteiger partial charge in [0.2, 0.25) is 5.88 Å². The van der Waals surface area contributed by atoms with E-state index in [1.165, 1.54) is 29.8 Å². The third-order valence-electron chi connectivity index (χ3n) is 6.64. The van der Waals surface area contributed by atoms with E-state index in [9.17, 15) is 28.4 Å². The number of carbonyl (C=O) groups is 2. The van der Waals surface area contributed by atoms with E-state index in [4.69, 9.17) is 4.74 Å². The van der Waals surface area contributed by atoms with E-state index in [1.54, 1.807) is 26.1 Å². The summed E-state index contributed by atoms with van der Waals surface area (Å²) >= 11 is 0. The predicted octanol–water partition coefficient (Wildman–Crippen LogP) is 4.33. The van der Waals surface area contributed by atoms with Gasteiger partial charge in [-0.15, -0.1) is 0 Å². The average molecular weight is 611 g/mol. The second-order valence-electron chi connectivity index (χ2n) is 11.4. The molecule has 2 amide bonds. The molecule has 232 valence electrons. The number of hydrogen-bond donors (Lipinski definition) is 2. The number of aromatic nitrogens is 2. The van der Waals surface area contributed by atoms with Gasteiger partial charge in [-0.3, -0.25) is 14.4 Å². The lowest BCUT2D eigenvalue weighted by atomic mass is 9.95. The fourth-order valence-electron chi connectivity index (χ4n) is 4.70. The first-order valence-electron chi connectivity index (χ1n) is 14.0. The highest BCUT2D eigenvalue weighted by atomic mass is 19.3. The van der Waals surface area contributed by atoms with Crippen molar-refractivity contribution in [1.29, 1.82) is 5.26 Å². The Balaban J connectivity index is 1.75. The fraction of sp³-hybridized carbons (Fsp3) is 0.387. The molecule has 1 saturated heterocycles. The maximum Gasteiger partial charge on any atom is 0.282 e. The first kappa shape index (κ1) is 32.2. The fourth-order valence-corrected chi connectivity index (χ4v) is 4.70. The molecule has 3 aromatic rings. The van der Waals surface area contributed by atoms with E-state index in [2.05, 4.69) is 29.5 Å². The molecule has 0 radical (unpaired) electrons. The van der Waals surface area contributed by atoms with Crippen LogP contribution in [0.1, 0.15) is 59.5 Å². The van der Waals surface area contributed by atoms with Gasteiger partial charge in [-0.25, -0.2) is 13.2 Å². The lowest BCUT2D eigenvalue weighted by Crippen LogP contribution is -2.58. The van der Waals surface area contributed by atoms with Gasteiger partial charge in [0, 0.05) is 31.4 Å². The molecule has 0 spiro atoms. The summed E-state index contributed by atoms with van der Waals surface area (Å²) in [4.78, 5) is 44.6. The van der Waals surface area contributed by atoms with Crippen molar-refractivity contribution in [3.8, 4) is 23.1 Å². The Morgan fingerprint density at radius 3 is 2.43 bits per heavy atom. The number of rotatable bonds is 10. The van der Waals surface area contributed by atoms with Crippen LogP contribution in [-0.2, 0) is 13.6 Å². The number of nitriles is 1. The Labute approximate surface area is 252 Å². The zero-order chi connectivity index (χ0) is 32.3. The summed E-state index contributed by atoms with van der Waals surface area (Å²) in [7, 11) is 1.53. The molecule has 1 aromatic carbocycles. The summed E-state index contributed by atoms with van der Waals surface area (Å²) in [6.45, 7) is 7.01. The number of alkyl halides is 2. The van der Waals surface area contributed by atoms with Crippen LogP contribution in [0, 0.1) is 23.1 Å². The number of nitrogens with zero attached hydrogens (tertiary/aromatic N) is 4. The van der Waals surface area contributed by atoms with E-state index in [-0.39, 0.29) is 45.6 Å². The topological polar surface area (TPSA) is 129 Å². The van der Waals surface area contributed by atoms with Gasteiger partial charge >= 0.3 is 0 Å². The van der Waals surface area contributed by atoms with Gasteiger partial charge in [-0.05, 0) is 61.7 Å². The minimum absolute atomic E-state index is 0.0307. The lowest BCUT2D eigenvalue weighted by Gasteiger charge is -2.39. The molecular formula is C31H33F3N6O4. The lowest BCUT2D eigenvalue weighted by molar-refractivity contribution is -0.113. The molecule has 1 aliphatic heterocycles. The smallest absolute Gasteiger partial charge is 0.282 e. The first-order chi connectivity index (χ1) is 20.7. The molecular weight excluding hydrogens is 577 g/mol. The quantitative estimate of drug-likeness (QED) is 0.350. The number of anilines is 1. The van der Waals surface area contributed by atoms with Crippen LogP contribution in [0.15, 0.2) is 41.3 Å². The summed E-state index contributed by atoms with van der Waals surface area (Å²) in [6.07, 6.45) is 1.24. The number of aryl methyl sites for hydroxylation is 1. The number of ether oxygens (including phenoxy) is 1. The van der Waals surface area contributed by atoms with E-state index in [0.29, 0.717) is 18.0 Å². The molecule has 44 heavy (non-hydrogen) atoms. The third kappa shape index (κ3) is 7.44. The van der Waals surface area contributed by atoms with Crippen LogP contribution < -0.4 is 20.9 Å². The number of hydrogen-bond acceptors (Lipinski definition) is 7. The van der Waals surface area contributed by atoms with Crippen LogP contribution in [0.2, 0.25) is 0 Å². The van der Waals surface area contributed by atoms with Crippen LogP contribution in [0.25, 0.3) is 11.1 Å². The van der Waals surface area contributed by atoms with Gasteiger partial charge in [-0.1, -0.05) is 13.8 Å². The Bertz CT molecular complexity index is 1690. The molecule has 0 unspecified atom stereocenters. The number of halogens is 3. The molecule has 13 heteroatoms. The van der Waals surface area contributed by atoms with E-state index < -0.39 is 42.2 Å². The molecule has 2 N–H and O–H groups in total. The number of benzene rings is 1. The minimum atomic E-state index is -3.06. The van der Waals surface area contributed by atoms with Gasteiger partial charge in [0.05, 0.1) is 36.4 Å². The molecule has 0 saturated carbocycles. The molecule has 10 nitrogen and oxygen atoms in total. The summed E-state index contributed by atoms with van der Waals surface area (Å²) < 4.78 is 49.7. The van der Waals surface area contributed by atoms with E-state index in [1.807, 2.05) is 0 Å². The van der Waals surface area contributed by atoms with Crippen molar-refractivity contribution in [2.24, 2.45) is 13.0 Å². The van der Waals surface area contributed by atoms with Gasteiger partial charge in [0.25, 0.3) is 23.3 Å². The molecule has 2 aromatic heterocycles. The maximum atomic E-state index is 15.6.